The topological polar surface area (TPSA) is 33.5 Å². The van der Waals surface area contributed by atoms with Crippen LogP contribution in [0.2, 0.25) is 0 Å². The van der Waals surface area contributed by atoms with Crippen molar-refractivity contribution >= 4 is 17.7 Å². The molecule has 1 fully saturated rings. The third-order valence-corrected chi connectivity index (χ3v) is 4.46. The summed E-state index contributed by atoms with van der Waals surface area (Å²) in [6, 6.07) is 18.1. The predicted molar refractivity (Wildman–Crippen MR) is 98.8 cm³/mol. The molecule has 1 heterocycles. The van der Waals surface area contributed by atoms with Gasteiger partial charge in [0.2, 0.25) is 5.91 Å². The number of hydrogen-bond acceptors (Lipinski definition) is 1. The summed E-state index contributed by atoms with van der Waals surface area (Å²) in [7, 11) is 0. The van der Waals surface area contributed by atoms with Crippen LogP contribution in [0.4, 0.5) is 5.69 Å². The van der Waals surface area contributed by atoms with E-state index in [4.69, 9.17) is 0 Å². The summed E-state index contributed by atoms with van der Waals surface area (Å²) in [5, 5.41) is 2.91. The van der Waals surface area contributed by atoms with Gasteiger partial charge in [-0.1, -0.05) is 42.5 Å². The molecule has 0 bridgehead atoms. The Labute approximate surface area is 144 Å². The fraction of sp³-hybridized carbons (Fsp3) is 0.286. The van der Waals surface area contributed by atoms with Gasteiger partial charge in [-0.15, -0.1) is 0 Å². The molecule has 1 aliphatic heterocycles. The average Bonchev–Trinajstić information content (AvgIpc) is 2.63. The number of nitrogens with one attached hydrogen (secondary N) is 2. The van der Waals surface area contributed by atoms with Crippen molar-refractivity contribution in [2.24, 2.45) is 0 Å². The zero-order chi connectivity index (χ0) is 16.6. The third kappa shape index (κ3) is 5.07. The number of quaternary nitrogens is 1. The Kier molecular flexibility index (Phi) is 5.80. The highest BCUT2D eigenvalue weighted by atomic mass is 16.1. The summed E-state index contributed by atoms with van der Waals surface area (Å²) in [5.41, 5.74) is 3.20. The second-order valence-corrected chi connectivity index (χ2v) is 6.42. The van der Waals surface area contributed by atoms with Crippen LogP contribution in [-0.4, -0.2) is 19.0 Å². The minimum absolute atomic E-state index is 0.103. The first-order valence-electron chi connectivity index (χ1n) is 8.76. The van der Waals surface area contributed by atoms with E-state index in [0.717, 1.165) is 17.8 Å². The number of piperidine rings is 1. The molecule has 124 valence electrons. The maximum absolute atomic E-state index is 12.0. The third-order valence-electron chi connectivity index (χ3n) is 4.46. The van der Waals surface area contributed by atoms with Crippen LogP contribution in [0.5, 0.6) is 0 Å². The highest BCUT2D eigenvalue weighted by Gasteiger charge is 2.13. The Hall–Kier alpha value is -2.39. The van der Waals surface area contributed by atoms with Gasteiger partial charge in [0.05, 0.1) is 13.1 Å². The lowest BCUT2D eigenvalue weighted by Gasteiger charge is -2.23. The minimum atomic E-state index is -0.103. The quantitative estimate of drug-likeness (QED) is 0.816. The molecule has 0 saturated carbocycles. The standard InChI is InChI=1S/C21H24N2O/c24-21(14-11-18-7-3-1-4-8-18)22-20-12-9-19(10-13-20)17-23-15-5-2-6-16-23/h1,3-4,7-14H,2,5-6,15-17H2,(H,22,24)/p+1/b14-11+. The predicted octanol–water partition coefficient (Wildman–Crippen LogP) is 2.91. The Bertz CT molecular complexity index is 671. The zero-order valence-corrected chi connectivity index (χ0v) is 14.0. The summed E-state index contributed by atoms with van der Waals surface area (Å²) in [6.07, 6.45) is 7.46. The van der Waals surface area contributed by atoms with Gasteiger partial charge in [0, 0.05) is 17.3 Å². The maximum atomic E-state index is 12.0. The van der Waals surface area contributed by atoms with Crippen molar-refractivity contribution < 1.29 is 9.69 Å². The highest BCUT2D eigenvalue weighted by molar-refractivity contribution is 6.01. The van der Waals surface area contributed by atoms with Crippen LogP contribution >= 0.6 is 0 Å². The Morgan fingerprint density at radius 3 is 2.38 bits per heavy atom. The van der Waals surface area contributed by atoms with Crippen LogP contribution in [-0.2, 0) is 11.3 Å². The number of anilines is 1. The van der Waals surface area contributed by atoms with Crippen LogP contribution in [0.15, 0.2) is 60.7 Å². The first-order chi connectivity index (χ1) is 11.8. The van der Waals surface area contributed by atoms with Crippen LogP contribution in [0.3, 0.4) is 0 Å². The molecule has 3 rings (SSSR count). The van der Waals surface area contributed by atoms with Crippen LogP contribution < -0.4 is 10.2 Å². The van der Waals surface area contributed by atoms with Gasteiger partial charge in [-0.2, -0.15) is 0 Å². The maximum Gasteiger partial charge on any atom is 0.248 e. The molecule has 2 aromatic carbocycles. The molecule has 2 N–H and O–H groups in total. The molecule has 0 aromatic heterocycles. The lowest BCUT2D eigenvalue weighted by Crippen LogP contribution is -3.11. The molecule has 1 aliphatic rings. The summed E-state index contributed by atoms with van der Waals surface area (Å²) < 4.78 is 0. The highest BCUT2D eigenvalue weighted by Crippen LogP contribution is 2.10. The second kappa shape index (κ2) is 8.46. The van der Waals surface area contributed by atoms with Gasteiger partial charge < -0.3 is 10.2 Å². The summed E-state index contributed by atoms with van der Waals surface area (Å²) in [4.78, 5) is 13.7. The van der Waals surface area contributed by atoms with Crippen molar-refractivity contribution in [2.45, 2.75) is 25.8 Å². The number of amides is 1. The number of hydrogen-bond donors (Lipinski definition) is 2. The van der Waals surface area contributed by atoms with Gasteiger partial charge in [0.15, 0.2) is 0 Å². The van der Waals surface area contributed by atoms with Gasteiger partial charge in [0.1, 0.15) is 6.54 Å². The summed E-state index contributed by atoms with van der Waals surface area (Å²) in [5.74, 6) is -0.103. The molecular weight excluding hydrogens is 296 g/mol. The Balaban J connectivity index is 1.51. The van der Waals surface area contributed by atoms with Crippen molar-refractivity contribution in [3.63, 3.8) is 0 Å². The molecule has 2 aromatic rings. The van der Waals surface area contributed by atoms with E-state index in [1.807, 2.05) is 48.5 Å². The molecule has 0 aliphatic carbocycles. The first-order valence-corrected chi connectivity index (χ1v) is 8.76. The zero-order valence-electron chi connectivity index (χ0n) is 14.0. The fourth-order valence-corrected chi connectivity index (χ4v) is 3.14. The first kappa shape index (κ1) is 16.5. The molecule has 3 nitrogen and oxygen atoms in total. The fourth-order valence-electron chi connectivity index (χ4n) is 3.14. The number of carbonyl (C=O) groups excluding carboxylic acids is 1. The van der Waals surface area contributed by atoms with Crippen molar-refractivity contribution in [3.05, 3.63) is 71.8 Å². The van der Waals surface area contributed by atoms with E-state index in [0.29, 0.717) is 0 Å². The summed E-state index contributed by atoms with van der Waals surface area (Å²) >= 11 is 0. The van der Waals surface area contributed by atoms with Crippen molar-refractivity contribution in [2.75, 3.05) is 18.4 Å². The molecule has 0 radical (unpaired) electrons. The molecule has 3 heteroatoms. The summed E-state index contributed by atoms with van der Waals surface area (Å²) in [6.45, 7) is 3.65. The molecule has 0 atom stereocenters. The van der Waals surface area contributed by atoms with Crippen LogP contribution in [0.1, 0.15) is 30.4 Å². The lowest BCUT2D eigenvalue weighted by atomic mass is 10.1. The number of carbonyl (C=O) groups is 1. The van der Waals surface area contributed by atoms with Crippen LogP contribution in [0.25, 0.3) is 6.08 Å². The van der Waals surface area contributed by atoms with Gasteiger partial charge in [-0.05, 0) is 43.0 Å². The van der Waals surface area contributed by atoms with E-state index in [9.17, 15) is 4.79 Å². The second-order valence-electron chi connectivity index (χ2n) is 6.42. The number of rotatable bonds is 5. The van der Waals surface area contributed by atoms with Crippen molar-refractivity contribution in [1.29, 1.82) is 0 Å². The Morgan fingerprint density at radius 1 is 0.958 bits per heavy atom. The monoisotopic (exact) mass is 321 g/mol. The van der Waals surface area contributed by atoms with E-state index >= 15 is 0 Å². The Morgan fingerprint density at radius 2 is 1.67 bits per heavy atom. The largest absolute Gasteiger partial charge is 0.331 e. The van der Waals surface area contributed by atoms with Gasteiger partial charge in [0.25, 0.3) is 0 Å². The molecule has 0 spiro atoms. The molecular formula is C21H25N2O+. The normalized spacial score (nSPS) is 15.5. The molecule has 1 amide bonds. The molecule has 24 heavy (non-hydrogen) atoms. The van der Waals surface area contributed by atoms with Crippen LogP contribution in [0, 0.1) is 0 Å². The van der Waals surface area contributed by atoms with E-state index in [-0.39, 0.29) is 5.91 Å². The van der Waals surface area contributed by atoms with E-state index in [2.05, 4.69) is 17.4 Å². The van der Waals surface area contributed by atoms with Crippen molar-refractivity contribution in [1.82, 2.24) is 0 Å². The lowest BCUT2D eigenvalue weighted by molar-refractivity contribution is -0.918. The molecule has 0 unspecified atom stereocenters. The van der Waals surface area contributed by atoms with Gasteiger partial charge >= 0.3 is 0 Å². The van der Waals surface area contributed by atoms with E-state index in [1.54, 1.807) is 11.0 Å². The van der Waals surface area contributed by atoms with Crippen molar-refractivity contribution in [3.8, 4) is 0 Å². The van der Waals surface area contributed by atoms with E-state index in [1.165, 1.54) is 37.9 Å². The minimum Gasteiger partial charge on any atom is -0.331 e. The number of likely N-dealkylation sites (tertiary alicyclic amines) is 1. The number of benzene rings is 2. The smallest absolute Gasteiger partial charge is 0.248 e. The van der Waals surface area contributed by atoms with E-state index < -0.39 is 0 Å². The SMILES string of the molecule is O=C(/C=C/c1ccccc1)Nc1ccc(C[NH+]2CCCCC2)cc1. The van der Waals surface area contributed by atoms with Gasteiger partial charge in [-0.25, -0.2) is 0 Å². The van der Waals surface area contributed by atoms with Gasteiger partial charge in [-0.3, -0.25) is 4.79 Å². The molecule has 1 saturated heterocycles. The average molecular weight is 321 g/mol.